The fourth-order valence-corrected chi connectivity index (χ4v) is 2.47. The zero-order chi connectivity index (χ0) is 13.7. The van der Waals surface area contributed by atoms with E-state index in [4.69, 9.17) is 16.3 Å². The van der Waals surface area contributed by atoms with Crippen LogP contribution in [0.1, 0.15) is 5.82 Å². The van der Waals surface area contributed by atoms with Crippen molar-refractivity contribution in [1.82, 2.24) is 25.5 Å². The lowest BCUT2D eigenvalue weighted by atomic mass is 10.3. The van der Waals surface area contributed by atoms with Gasteiger partial charge in [0.2, 0.25) is 0 Å². The van der Waals surface area contributed by atoms with Crippen LogP contribution in [-0.2, 0) is 11.3 Å². The van der Waals surface area contributed by atoms with Gasteiger partial charge in [-0.2, -0.15) is 4.68 Å². The van der Waals surface area contributed by atoms with Crippen molar-refractivity contribution < 1.29 is 4.74 Å². The van der Waals surface area contributed by atoms with E-state index in [2.05, 4.69) is 43.4 Å². The minimum Gasteiger partial charge on any atom is -0.383 e. The van der Waals surface area contributed by atoms with Gasteiger partial charge in [-0.05, 0) is 51.2 Å². The zero-order valence-corrected chi connectivity index (χ0v) is 13.2. The Kier molecular flexibility index (Phi) is 5.49. The lowest BCUT2D eigenvalue weighted by Crippen LogP contribution is -2.21. The van der Waals surface area contributed by atoms with Crippen molar-refractivity contribution in [3.63, 3.8) is 0 Å². The molecule has 0 radical (unpaired) electrons. The summed E-state index contributed by atoms with van der Waals surface area (Å²) in [6, 6.07) is 5.74. The van der Waals surface area contributed by atoms with Gasteiger partial charge in [0.25, 0.3) is 0 Å². The van der Waals surface area contributed by atoms with Gasteiger partial charge < -0.3 is 10.1 Å². The minimum absolute atomic E-state index is 0.554. The molecule has 0 atom stereocenters. The smallest absolute Gasteiger partial charge is 0.170 e. The maximum atomic E-state index is 6.22. The average Bonchev–Trinajstić information content (AvgIpc) is 2.83. The summed E-state index contributed by atoms with van der Waals surface area (Å²) in [6.45, 7) is 1.94. The SMILES string of the molecule is COCCNCc1nnnn1-c1ccc(I)cc1Cl. The third kappa shape index (κ3) is 3.85. The Labute approximate surface area is 129 Å². The number of methoxy groups -OCH3 is 1. The van der Waals surface area contributed by atoms with Crippen LogP contribution in [-0.4, -0.2) is 40.5 Å². The average molecular weight is 394 g/mol. The third-order valence-electron chi connectivity index (χ3n) is 2.44. The number of tetrazole rings is 1. The summed E-state index contributed by atoms with van der Waals surface area (Å²) in [5, 5.41) is 15.5. The zero-order valence-electron chi connectivity index (χ0n) is 10.3. The van der Waals surface area contributed by atoms with E-state index < -0.39 is 0 Å². The van der Waals surface area contributed by atoms with Crippen LogP contribution in [0.25, 0.3) is 5.69 Å². The van der Waals surface area contributed by atoms with Crippen molar-refractivity contribution in [2.24, 2.45) is 0 Å². The molecule has 102 valence electrons. The third-order valence-corrected chi connectivity index (χ3v) is 3.41. The fourth-order valence-electron chi connectivity index (χ4n) is 1.53. The molecule has 0 bridgehead atoms. The van der Waals surface area contributed by atoms with Gasteiger partial charge in [0, 0.05) is 17.2 Å². The van der Waals surface area contributed by atoms with E-state index in [9.17, 15) is 0 Å². The monoisotopic (exact) mass is 393 g/mol. The van der Waals surface area contributed by atoms with E-state index in [1.807, 2.05) is 18.2 Å². The van der Waals surface area contributed by atoms with Crippen LogP contribution in [0.5, 0.6) is 0 Å². The van der Waals surface area contributed by atoms with E-state index in [0.29, 0.717) is 24.0 Å². The summed E-state index contributed by atoms with van der Waals surface area (Å²) < 4.78 is 7.67. The lowest BCUT2D eigenvalue weighted by molar-refractivity contribution is 0.199. The molecule has 0 amide bonds. The molecule has 2 aromatic rings. The van der Waals surface area contributed by atoms with Gasteiger partial charge in [-0.3, -0.25) is 0 Å². The van der Waals surface area contributed by atoms with Crippen molar-refractivity contribution in [2.75, 3.05) is 20.3 Å². The molecule has 1 heterocycles. The second kappa shape index (κ2) is 7.13. The van der Waals surface area contributed by atoms with Crippen LogP contribution in [0.3, 0.4) is 0 Å². The molecule has 6 nitrogen and oxygen atoms in total. The summed E-state index contributed by atoms with van der Waals surface area (Å²) in [4.78, 5) is 0. The number of aromatic nitrogens is 4. The highest BCUT2D eigenvalue weighted by molar-refractivity contribution is 14.1. The van der Waals surface area contributed by atoms with Gasteiger partial charge in [0.05, 0.1) is 23.9 Å². The highest BCUT2D eigenvalue weighted by Gasteiger charge is 2.11. The highest BCUT2D eigenvalue weighted by atomic mass is 127. The van der Waals surface area contributed by atoms with Crippen molar-refractivity contribution in [2.45, 2.75) is 6.54 Å². The Morgan fingerprint density at radius 3 is 3.05 bits per heavy atom. The molecule has 0 unspecified atom stereocenters. The van der Waals surface area contributed by atoms with Crippen molar-refractivity contribution in [1.29, 1.82) is 0 Å². The molecule has 0 spiro atoms. The van der Waals surface area contributed by atoms with Gasteiger partial charge >= 0.3 is 0 Å². The molecule has 0 saturated heterocycles. The summed E-state index contributed by atoms with van der Waals surface area (Å²) in [7, 11) is 1.66. The number of benzene rings is 1. The summed E-state index contributed by atoms with van der Waals surface area (Å²) in [5.74, 6) is 0.708. The summed E-state index contributed by atoms with van der Waals surface area (Å²) in [5.41, 5.74) is 0.774. The minimum atomic E-state index is 0.554. The van der Waals surface area contributed by atoms with Crippen LogP contribution < -0.4 is 5.32 Å². The van der Waals surface area contributed by atoms with Crippen molar-refractivity contribution in [3.8, 4) is 5.69 Å². The standard InChI is InChI=1S/C11H13ClIN5O/c1-19-5-4-14-7-11-15-16-17-18(11)10-3-2-8(13)6-9(10)12/h2-3,6,14H,4-5,7H2,1H3. The number of nitrogens with zero attached hydrogens (tertiary/aromatic N) is 4. The molecule has 1 aromatic carbocycles. The second-order valence-electron chi connectivity index (χ2n) is 3.77. The molecule has 19 heavy (non-hydrogen) atoms. The normalized spacial score (nSPS) is 10.9. The predicted octanol–water partition coefficient (Wildman–Crippen LogP) is 1.66. The maximum Gasteiger partial charge on any atom is 0.170 e. The first-order valence-electron chi connectivity index (χ1n) is 5.64. The maximum absolute atomic E-state index is 6.22. The lowest BCUT2D eigenvalue weighted by Gasteiger charge is -2.07. The Morgan fingerprint density at radius 1 is 1.47 bits per heavy atom. The Bertz CT molecular complexity index is 548. The van der Waals surface area contributed by atoms with Crippen molar-refractivity contribution in [3.05, 3.63) is 32.6 Å². The number of nitrogens with one attached hydrogen (secondary N) is 1. The van der Waals surface area contributed by atoms with Gasteiger partial charge in [0.15, 0.2) is 5.82 Å². The van der Waals surface area contributed by atoms with E-state index in [0.717, 1.165) is 15.8 Å². The van der Waals surface area contributed by atoms with E-state index in [-0.39, 0.29) is 0 Å². The predicted molar refractivity (Wildman–Crippen MR) is 80.5 cm³/mol. The van der Waals surface area contributed by atoms with Gasteiger partial charge in [-0.25, -0.2) is 0 Å². The fraction of sp³-hybridized carbons (Fsp3) is 0.364. The van der Waals surface area contributed by atoms with Gasteiger partial charge in [0.1, 0.15) is 0 Å². The Balaban J connectivity index is 2.14. The topological polar surface area (TPSA) is 64.9 Å². The molecule has 0 aliphatic rings. The molecule has 0 aliphatic heterocycles. The van der Waals surface area contributed by atoms with Crippen LogP contribution in [0.2, 0.25) is 5.02 Å². The number of ether oxygens (including phenoxy) is 1. The molecule has 2 rings (SSSR count). The largest absolute Gasteiger partial charge is 0.383 e. The van der Waals surface area contributed by atoms with Crippen LogP contribution in [0, 0.1) is 3.57 Å². The highest BCUT2D eigenvalue weighted by Crippen LogP contribution is 2.22. The van der Waals surface area contributed by atoms with Crippen LogP contribution in [0.15, 0.2) is 18.2 Å². The molecule has 8 heteroatoms. The number of rotatable bonds is 6. The van der Waals surface area contributed by atoms with Gasteiger partial charge in [-0.15, -0.1) is 5.10 Å². The summed E-state index contributed by atoms with van der Waals surface area (Å²) in [6.07, 6.45) is 0. The number of halogens is 2. The van der Waals surface area contributed by atoms with Crippen molar-refractivity contribution >= 4 is 34.2 Å². The first-order valence-corrected chi connectivity index (χ1v) is 7.10. The molecule has 0 saturated carbocycles. The van der Waals surface area contributed by atoms with E-state index in [1.165, 1.54) is 0 Å². The Hall–Kier alpha value is -0.770. The molecular weight excluding hydrogens is 381 g/mol. The van der Waals surface area contributed by atoms with E-state index >= 15 is 0 Å². The Morgan fingerprint density at radius 2 is 2.32 bits per heavy atom. The molecule has 1 N–H and O–H groups in total. The first-order chi connectivity index (χ1) is 9.22. The molecule has 0 fully saturated rings. The molecule has 1 aromatic heterocycles. The number of hydrogen-bond donors (Lipinski definition) is 1. The van der Waals surface area contributed by atoms with Crippen LogP contribution in [0.4, 0.5) is 0 Å². The number of hydrogen-bond acceptors (Lipinski definition) is 5. The van der Waals surface area contributed by atoms with Gasteiger partial charge in [-0.1, -0.05) is 11.6 Å². The van der Waals surface area contributed by atoms with Crippen LogP contribution >= 0.6 is 34.2 Å². The molecular formula is C11H13ClIN5O. The quantitative estimate of drug-likeness (QED) is 0.597. The second-order valence-corrected chi connectivity index (χ2v) is 5.43. The molecule has 0 aliphatic carbocycles. The first kappa shape index (κ1) is 14.6. The van der Waals surface area contributed by atoms with E-state index in [1.54, 1.807) is 11.8 Å². The summed E-state index contributed by atoms with van der Waals surface area (Å²) >= 11 is 8.42.